The highest BCUT2D eigenvalue weighted by molar-refractivity contribution is 5.92. The Kier molecular flexibility index (Phi) is 6.35. The van der Waals surface area contributed by atoms with E-state index in [0.717, 1.165) is 17.5 Å². The first-order valence-corrected chi connectivity index (χ1v) is 9.27. The molecule has 0 spiro atoms. The average molecular weight is 414 g/mol. The maximum Gasteiger partial charge on any atom is 0.338 e. The van der Waals surface area contributed by atoms with E-state index in [1.807, 2.05) is 24.3 Å². The topological polar surface area (TPSA) is 128 Å². The quantitative estimate of drug-likeness (QED) is 0.327. The molecule has 2 aromatic carbocycles. The number of esters is 1. The molecule has 1 amide bonds. The van der Waals surface area contributed by atoms with Crippen molar-refractivity contribution in [1.29, 1.82) is 0 Å². The van der Waals surface area contributed by atoms with Crippen LogP contribution in [0.1, 0.15) is 10.4 Å². The number of anilines is 2. The van der Waals surface area contributed by atoms with Crippen LogP contribution in [-0.4, -0.2) is 61.6 Å². The minimum Gasteiger partial charge on any atom is -0.497 e. The number of carbonyl (C=O) groups excluding carboxylic acids is 2. The Hall–Kier alpha value is -3.82. The molecule has 0 unspecified atom stereocenters. The van der Waals surface area contributed by atoms with Crippen molar-refractivity contribution < 1.29 is 24.0 Å². The van der Waals surface area contributed by atoms with Crippen molar-refractivity contribution in [2.45, 2.75) is 0 Å². The van der Waals surface area contributed by atoms with E-state index in [9.17, 15) is 19.7 Å². The van der Waals surface area contributed by atoms with Crippen LogP contribution >= 0.6 is 0 Å². The van der Waals surface area contributed by atoms with E-state index in [-0.39, 0.29) is 22.8 Å². The number of benzene rings is 2. The molecule has 1 aliphatic rings. The van der Waals surface area contributed by atoms with Gasteiger partial charge in [0.05, 0.1) is 17.6 Å². The van der Waals surface area contributed by atoms with Gasteiger partial charge in [0.1, 0.15) is 11.4 Å². The molecule has 1 heterocycles. The maximum atomic E-state index is 12.4. The van der Waals surface area contributed by atoms with Gasteiger partial charge in [0, 0.05) is 37.9 Å². The number of rotatable bonds is 6. The fourth-order valence-corrected chi connectivity index (χ4v) is 3.14. The fraction of sp³-hybridized carbons (Fsp3) is 0.300. The van der Waals surface area contributed by atoms with E-state index < -0.39 is 17.5 Å². The summed E-state index contributed by atoms with van der Waals surface area (Å²) in [5.41, 5.74) is 6.08. The SMILES string of the molecule is COc1ccc(N2CCN(C(=O)COC(=O)c3ccc(N)c([N+](=O)[O-])c3)CC2)cc1. The molecule has 10 nitrogen and oxygen atoms in total. The summed E-state index contributed by atoms with van der Waals surface area (Å²) in [5.74, 6) is -0.355. The fourth-order valence-electron chi connectivity index (χ4n) is 3.14. The van der Waals surface area contributed by atoms with Gasteiger partial charge in [-0.1, -0.05) is 0 Å². The van der Waals surface area contributed by atoms with Crippen molar-refractivity contribution in [3.8, 4) is 5.75 Å². The van der Waals surface area contributed by atoms with Crippen molar-refractivity contribution >= 4 is 28.9 Å². The predicted octanol–water partition coefficient (Wildman–Crippen LogP) is 1.69. The van der Waals surface area contributed by atoms with Gasteiger partial charge in [0.2, 0.25) is 0 Å². The van der Waals surface area contributed by atoms with Crippen molar-refractivity contribution in [2.75, 3.05) is 50.5 Å². The van der Waals surface area contributed by atoms with Gasteiger partial charge in [0.25, 0.3) is 11.6 Å². The number of nitrogens with zero attached hydrogens (tertiary/aromatic N) is 3. The zero-order valence-electron chi connectivity index (χ0n) is 16.4. The van der Waals surface area contributed by atoms with Crippen molar-refractivity contribution in [2.24, 2.45) is 0 Å². The third-order valence-corrected chi connectivity index (χ3v) is 4.86. The molecule has 0 saturated carbocycles. The lowest BCUT2D eigenvalue weighted by atomic mass is 10.2. The summed E-state index contributed by atoms with van der Waals surface area (Å²) >= 11 is 0. The molecule has 2 N–H and O–H groups in total. The molecule has 0 aromatic heterocycles. The Labute approximate surface area is 172 Å². The number of ether oxygens (including phenoxy) is 2. The first-order chi connectivity index (χ1) is 14.4. The molecule has 3 rings (SSSR count). The van der Waals surface area contributed by atoms with Crippen molar-refractivity contribution in [3.05, 3.63) is 58.1 Å². The smallest absolute Gasteiger partial charge is 0.338 e. The lowest BCUT2D eigenvalue weighted by Gasteiger charge is -2.36. The van der Waals surface area contributed by atoms with Gasteiger partial charge in [-0.05, 0) is 36.4 Å². The molecule has 30 heavy (non-hydrogen) atoms. The maximum absolute atomic E-state index is 12.4. The van der Waals surface area contributed by atoms with Crippen LogP contribution in [0.15, 0.2) is 42.5 Å². The lowest BCUT2D eigenvalue weighted by molar-refractivity contribution is -0.383. The van der Waals surface area contributed by atoms with Gasteiger partial charge < -0.3 is 25.0 Å². The average Bonchev–Trinajstić information content (AvgIpc) is 2.77. The van der Waals surface area contributed by atoms with E-state index >= 15 is 0 Å². The molecule has 1 fully saturated rings. The van der Waals surface area contributed by atoms with Crippen molar-refractivity contribution in [3.63, 3.8) is 0 Å². The summed E-state index contributed by atoms with van der Waals surface area (Å²) in [7, 11) is 1.61. The van der Waals surface area contributed by atoms with Gasteiger partial charge in [0.15, 0.2) is 6.61 Å². The first kappa shape index (κ1) is 20.9. The molecule has 1 saturated heterocycles. The van der Waals surface area contributed by atoms with Crippen LogP contribution < -0.4 is 15.4 Å². The van der Waals surface area contributed by atoms with Gasteiger partial charge in [-0.2, -0.15) is 0 Å². The largest absolute Gasteiger partial charge is 0.497 e. The summed E-state index contributed by atoms with van der Waals surface area (Å²) in [5, 5.41) is 10.9. The number of hydrogen-bond acceptors (Lipinski definition) is 8. The normalized spacial score (nSPS) is 13.6. The van der Waals surface area contributed by atoms with Gasteiger partial charge >= 0.3 is 5.97 Å². The zero-order valence-corrected chi connectivity index (χ0v) is 16.4. The standard InChI is InChI=1S/C20H22N4O6/c1-29-16-5-3-15(4-6-16)22-8-10-23(11-9-22)19(25)13-30-20(26)14-2-7-17(21)18(12-14)24(27)28/h2-7,12H,8-11,13,21H2,1H3. The molecule has 0 aliphatic carbocycles. The lowest BCUT2D eigenvalue weighted by Crippen LogP contribution is -2.49. The van der Waals surface area contributed by atoms with Crippen LogP contribution in [0.2, 0.25) is 0 Å². The number of nitro benzene ring substituents is 1. The minimum atomic E-state index is -0.816. The van der Waals surface area contributed by atoms with Crippen LogP contribution in [-0.2, 0) is 9.53 Å². The number of amides is 1. The predicted molar refractivity (Wildman–Crippen MR) is 110 cm³/mol. The summed E-state index contributed by atoms with van der Waals surface area (Å²) in [4.78, 5) is 38.5. The van der Waals surface area contributed by atoms with E-state index in [4.69, 9.17) is 15.2 Å². The minimum absolute atomic E-state index is 0.0342. The Balaban J connectivity index is 1.50. The van der Waals surface area contributed by atoms with E-state index in [2.05, 4.69) is 4.90 Å². The van der Waals surface area contributed by atoms with Crippen LogP contribution in [0.5, 0.6) is 5.75 Å². The Morgan fingerprint density at radius 2 is 1.77 bits per heavy atom. The van der Waals surface area contributed by atoms with E-state index in [0.29, 0.717) is 26.2 Å². The highest BCUT2D eigenvalue weighted by Crippen LogP contribution is 2.23. The number of methoxy groups -OCH3 is 1. The first-order valence-electron chi connectivity index (χ1n) is 9.27. The Morgan fingerprint density at radius 1 is 1.10 bits per heavy atom. The van der Waals surface area contributed by atoms with Crippen LogP contribution in [0.25, 0.3) is 0 Å². The zero-order chi connectivity index (χ0) is 21.7. The molecule has 158 valence electrons. The molecule has 10 heteroatoms. The van der Waals surface area contributed by atoms with Gasteiger partial charge in [-0.25, -0.2) is 4.79 Å². The highest BCUT2D eigenvalue weighted by Gasteiger charge is 2.23. The number of carbonyl (C=O) groups is 2. The van der Waals surface area contributed by atoms with Crippen LogP contribution in [0, 0.1) is 10.1 Å². The Morgan fingerprint density at radius 3 is 2.37 bits per heavy atom. The Bertz CT molecular complexity index is 939. The highest BCUT2D eigenvalue weighted by atomic mass is 16.6. The molecule has 0 atom stereocenters. The number of hydrogen-bond donors (Lipinski definition) is 1. The number of piperazine rings is 1. The number of nitrogen functional groups attached to an aromatic ring is 1. The third-order valence-electron chi connectivity index (χ3n) is 4.86. The molecule has 1 aliphatic heterocycles. The van der Waals surface area contributed by atoms with Gasteiger partial charge in [-0.15, -0.1) is 0 Å². The molecular weight excluding hydrogens is 392 g/mol. The summed E-state index contributed by atoms with van der Waals surface area (Å²) < 4.78 is 10.2. The second kappa shape index (κ2) is 9.12. The molecule has 2 aromatic rings. The summed E-state index contributed by atoms with van der Waals surface area (Å²) in [6.45, 7) is 1.86. The van der Waals surface area contributed by atoms with E-state index in [1.165, 1.54) is 12.1 Å². The van der Waals surface area contributed by atoms with Crippen LogP contribution in [0.4, 0.5) is 17.1 Å². The second-order valence-corrected chi connectivity index (χ2v) is 6.67. The monoisotopic (exact) mass is 414 g/mol. The second-order valence-electron chi connectivity index (χ2n) is 6.67. The van der Waals surface area contributed by atoms with E-state index in [1.54, 1.807) is 12.0 Å². The molecule has 0 bridgehead atoms. The molecular formula is C20H22N4O6. The molecule has 0 radical (unpaired) electrons. The third kappa shape index (κ3) is 4.77. The summed E-state index contributed by atoms with van der Waals surface area (Å²) in [6, 6.07) is 11.3. The number of nitro groups is 1. The van der Waals surface area contributed by atoms with Crippen molar-refractivity contribution in [1.82, 2.24) is 4.90 Å². The summed E-state index contributed by atoms with van der Waals surface area (Å²) in [6.07, 6.45) is 0. The van der Waals surface area contributed by atoms with Gasteiger partial charge in [-0.3, -0.25) is 14.9 Å². The number of nitrogens with two attached hydrogens (primary N) is 1. The van der Waals surface area contributed by atoms with Crippen LogP contribution in [0.3, 0.4) is 0 Å².